The fraction of sp³-hybridized carbons (Fsp3) is 0.250. The molecule has 0 saturated carbocycles. The fourth-order valence-corrected chi connectivity index (χ4v) is 3.96. The van der Waals surface area contributed by atoms with Gasteiger partial charge in [-0.25, -0.2) is 21.6 Å². The van der Waals surface area contributed by atoms with Crippen molar-refractivity contribution in [3.05, 3.63) is 60.2 Å². The Morgan fingerprint density at radius 2 is 1.52 bits per heavy atom. The van der Waals surface area contributed by atoms with E-state index in [4.69, 9.17) is 0 Å². The van der Waals surface area contributed by atoms with Gasteiger partial charge in [0.1, 0.15) is 0 Å². The summed E-state index contributed by atoms with van der Waals surface area (Å²) < 4.78 is 50.0. The molecule has 2 aromatic carbocycles. The third-order valence-corrected chi connectivity index (χ3v) is 5.89. The third-order valence-electron chi connectivity index (χ3n) is 3.32. The van der Waals surface area contributed by atoms with Crippen LogP contribution in [0.4, 0.5) is 0 Å². The molecule has 0 fully saturated rings. The maximum Gasteiger partial charge on any atom is 0.240 e. The zero-order valence-corrected chi connectivity index (χ0v) is 14.4. The first-order valence-electron chi connectivity index (χ1n) is 7.13. The molecule has 2 aromatic rings. The Bertz CT molecular complexity index is 860. The van der Waals surface area contributed by atoms with Crippen molar-refractivity contribution in [2.24, 2.45) is 0 Å². The molecule has 0 radical (unpaired) electrons. The molecule has 0 bridgehead atoms. The van der Waals surface area contributed by atoms with Gasteiger partial charge in [0, 0.05) is 12.8 Å². The number of aryl methyl sites for hydroxylation is 1. The summed E-state index contributed by atoms with van der Waals surface area (Å²) in [6.07, 6.45) is 2.48. The van der Waals surface area contributed by atoms with E-state index in [0.717, 1.165) is 18.2 Å². The van der Waals surface area contributed by atoms with Gasteiger partial charge in [-0.15, -0.1) is 0 Å². The van der Waals surface area contributed by atoms with Crippen LogP contribution in [0.15, 0.2) is 64.4 Å². The summed E-state index contributed by atoms with van der Waals surface area (Å²) >= 11 is 0. The Hall–Kier alpha value is -1.70. The van der Waals surface area contributed by atoms with Crippen LogP contribution in [-0.2, 0) is 26.3 Å². The number of rotatable bonds is 7. The molecule has 0 aliphatic heterocycles. The lowest BCUT2D eigenvalue weighted by Crippen LogP contribution is -2.25. The average molecular weight is 353 g/mol. The van der Waals surface area contributed by atoms with E-state index in [1.807, 2.05) is 30.3 Å². The number of sulfonamides is 1. The Morgan fingerprint density at radius 3 is 2.17 bits per heavy atom. The molecule has 0 atom stereocenters. The first kappa shape index (κ1) is 17.7. The predicted octanol–water partition coefficient (Wildman–Crippen LogP) is 2.00. The van der Waals surface area contributed by atoms with E-state index in [1.165, 1.54) is 24.3 Å². The second-order valence-corrected chi connectivity index (χ2v) is 9.02. The minimum Gasteiger partial charge on any atom is -0.224 e. The monoisotopic (exact) mass is 353 g/mol. The van der Waals surface area contributed by atoms with Crippen LogP contribution in [0.1, 0.15) is 12.0 Å². The highest BCUT2D eigenvalue weighted by atomic mass is 32.2. The Morgan fingerprint density at radius 1 is 0.870 bits per heavy atom. The lowest BCUT2D eigenvalue weighted by atomic mass is 10.1. The van der Waals surface area contributed by atoms with Crippen LogP contribution in [0, 0.1) is 0 Å². The van der Waals surface area contributed by atoms with E-state index in [9.17, 15) is 16.8 Å². The van der Waals surface area contributed by atoms with Crippen molar-refractivity contribution in [1.29, 1.82) is 0 Å². The lowest BCUT2D eigenvalue weighted by Gasteiger charge is -2.08. The van der Waals surface area contributed by atoms with Crippen LogP contribution in [0.3, 0.4) is 0 Å². The van der Waals surface area contributed by atoms with Gasteiger partial charge < -0.3 is 0 Å². The molecule has 7 heteroatoms. The van der Waals surface area contributed by atoms with Gasteiger partial charge in [-0.2, -0.15) is 0 Å². The summed E-state index contributed by atoms with van der Waals surface area (Å²) in [7, 11) is -7.15. The van der Waals surface area contributed by atoms with Gasteiger partial charge in [-0.3, -0.25) is 0 Å². The van der Waals surface area contributed by atoms with Gasteiger partial charge in [0.05, 0.1) is 9.79 Å². The minimum atomic E-state index is -3.71. The van der Waals surface area contributed by atoms with Gasteiger partial charge in [0.2, 0.25) is 10.0 Å². The van der Waals surface area contributed by atoms with Gasteiger partial charge in [-0.1, -0.05) is 36.4 Å². The molecule has 0 unspecified atom stereocenters. The maximum absolute atomic E-state index is 12.2. The fourth-order valence-electron chi connectivity index (χ4n) is 2.10. The van der Waals surface area contributed by atoms with E-state index < -0.39 is 19.9 Å². The van der Waals surface area contributed by atoms with Gasteiger partial charge >= 0.3 is 0 Å². The van der Waals surface area contributed by atoms with Gasteiger partial charge in [-0.05, 0) is 36.6 Å². The second kappa shape index (κ2) is 7.25. The van der Waals surface area contributed by atoms with Crippen LogP contribution >= 0.6 is 0 Å². The number of hydrogen-bond acceptors (Lipinski definition) is 4. The number of sulfone groups is 1. The van der Waals surface area contributed by atoms with Gasteiger partial charge in [0.25, 0.3) is 0 Å². The molecular formula is C16H19NO4S2. The first-order chi connectivity index (χ1) is 10.8. The molecule has 124 valence electrons. The molecule has 23 heavy (non-hydrogen) atoms. The summed E-state index contributed by atoms with van der Waals surface area (Å²) in [6, 6.07) is 15.2. The van der Waals surface area contributed by atoms with E-state index in [1.54, 1.807) is 0 Å². The van der Waals surface area contributed by atoms with E-state index in [-0.39, 0.29) is 9.79 Å². The maximum atomic E-state index is 12.2. The summed E-state index contributed by atoms with van der Waals surface area (Å²) in [5.74, 6) is 0. The molecule has 0 spiro atoms. The largest absolute Gasteiger partial charge is 0.240 e. The standard InChI is InChI=1S/C16H19NO4S2/c1-22(18,19)15-10-5-11-16(13-15)23(20,21)17-12-6-9-14-7-3-2-4-8-14/h2-5,7-8,10-11,13,17H,6,9,12H2,1H3. The van der Waals surface area contributed by atoms with Crippen molar-refractivity contribution in [1.82, 2.24) is 4.72 Å². The SMILES string of the molecule is CS(=O)(=O)c1cccc(S(=O)(=O)NCCCc2ccccc2)c1. The lowest BCUT2D eigenvalue weighted by molar-refractivity contribution is 0.578. The summed E-state index contributed by atoms with van der Waals surface area (Å²) in [5.41, 5.74) is 1.14. The smallest absolute Gasteiger partial charge is 0.224 e. The quantitative estimate of drug-likeness (QED) is 0.772. The van der Waals surface area contributed by atoms with Crippen molar-refractivity contribution in [2.45, 2.75) is 22.6 Å². The highest BCUT2D eigenvalue weighted by molar-refractivity contribution is 7.91. The van der Waals surface area contributed by atoms with Crippen molar-refractivity contribution >= 4 is 19.9 Å². The Kier molecular flexibility index (Phi) is 5.56. The summed E-state index contributed by atoms with van der Waals surface area (Å²) in [5, 5.41) is 0. The van der Waals surface area contributed by atoms with E-state index in [0.29, 0.717) is 13.0 Å². The van der Waals surface area contributed by atoms with Crippen LogP contribution < -0.4 is 4.72 Å². The molecule has 5 nitrogen and oxygen atoms in total. The van der Waals surface area contributed by atoms with Crippen LogP contribution in [0.5, 0.6) is 0 Å². The molecular weight excluding hydrogens is 334 g/mol. The van der Waals surface area contributed by atoms with Gasteiger partial charge in [0.15, 0.2) is 9.84 Å². The Labute approximate surface area is 137 Å². The first-order valence-corrected chi connectivity index (χ1v) is 10.5. The summed E-state index contributed by atoms with van der Waals surface area (Å²) in [4.78, 5) is -0.0511. The number of nitrogens with one attached hydrogen (secondary N) is 1. The molecule has 0 aliphatic rings. The molecule has 0 heterocycles. The highest BCUT2D eigenvalue weighted by Crippen LogP contribution is 2.15. The zero-order chi connectivity index (χ0) is 16.9. The topological polar surface area (TPSA) is 80.3 Å². The second-order valence-electron chi connectivity index (χ2n) is 5.23. The highest BCUT2D eigenvalue weighted by Gasteiger charge is 2.16. The molecule has 0 saturated heterocycles. The minimum absolute atomic E-state index is 0.00957. The van der Waals surface area contributed by atoms with Crippen LogP contribution in [0.25, 0.3) is 0 Å². The van der Waals surface area contributed by atoms with Crippen molar-refractivity contribution in [3.63, 3.8) is 0 Å². The molecule has 1 N–H and O–H groups in total. The number of hydrogen-bond donors (Lipinski definition) is 1. The third kappa shape index (κ3) is 5.16. The van der Waals surface area contributed by atoms with E-state index >= 15 is 0 Å². The zero-order valence-electron chi connectivity index (χ0n) is 12.8. The number of benzene rings is 2. The molecule has 0 amide bonds. The van der Waals surface area contributed by atoms with Crippen molar-refractivity contribution < 1.29 is 16.8 Å². The van der Waals surface area contributed by atoms with Crippen LogP contribution in [-0.4, -0.2) is 29.6 Å². The van der Waals surface area contributed by atoms with E-state index in [2.05, 4.69) is 4.72 Å². The van der Waals surface area contributed by atoms with Crippen molar-refractivity contribution in [2.75, 3.05) is 12.8 Å². The Balaban J connectivity index is 1.99. The van der Waals surface area contributed by atoms with Crippen LogP contribution in [0.2, 0.25) is 0 Å². The predicted molar refractivity (Wildman–Crippen MR) is 89.5 cm³/mol. The molecule has 2 rings (SSSR count). The van der Waals surface area contributed by atoms with Crippen molar-refractivity contribution in [3.8, 4) is 0 Å². The normalized spacial score (nSPS) is 12.2. The molecule has 0 aliphatic carbocycles. The average Bonchev–Trinajstić information content (AvgIpc) is 2.52. The molecule has 0 aromatic heterocycles. The summed E-state index contributed by atoms with van der Waals surface area (Å²) in [6.45, 7) is 0.292.